The van der Waals surface area contributed by atoms with Gasteiger partial charge in [-0.3, -0.25) is 9.89 Å². The van der Waals surface area contributed by atoms with Crippen LogP contribution in [0.15, 0.2) is 5.10 Å². The van der Waals surface area contributed by atoms with Gasteiger partial charge in [0.2, 0.25) is 11.9 Å². The van der Waals surface area contributed by atoms with Gasteiger partial charge in [-0.05, 0) is 6.92 Å². The molecule has 1 aromatic rings. The largest absolute Gasteiger partial charge is 0.481 e. The zero-order valence-corrected chi connectivity index (χ0v) is 9.01. The lowest BCUT2D eigenvalue weighted by Gasteiger charge is -1.76. The van der Waals surface area contributed by atoms with E-state index in [2.05, 4.69) is 26.1 Å². The minimum atomic E-state index is -0.833. The molecule has 0 fully saturated rings. The van der Waals surface area contributed by atoms with Crippen LogP contribution in [0.1, 0.15) is 12.7 Å². The van der Waals surface area contributed by atoms with E-state index in [1.165, 1.54) is 0 Å². The Labute approximate surface area is 91.7 Å². The Hall–Kier alpha value is -2.52. The van der Waals surface area contributed by atoms with Crippen LogP contribution in [0.25, 0.3) is 0 Å². The third-order valence-corrected chi connectivity index (χ3v) is 0.764. The Morgan fingerprint density at radius 3 is 1.94 bits per heavy atom. The van der Waals surface area contributed by atoms with Crippen LogP contribution in [0.2, 0.25) is 0 Å². The third-order valence-electron chi connectivity index (χ3n) is 0.764. The van der Waals surface area contributed by atoms with Crippen LogP contribution in [-0.2, 0) is 4.79 Å². The molecule has 0 aliphatic heterocycles. The summed E-state index contributed by atoms with van der Waals surface area (Å²) < 4.78 is 0. The maximum atomic E-state index is 9.00. The number of aliphatic carboxylic acids is 1. The molecule has 10 nitrogen and oxygen atoms in total. The summed E-state index contributed by atoms with van der Waals surface area (Å²) >= 11 is 0. The quantitative estimate of drug-likeness (QED) is 0.127. The van der Waals surface area contributed by atoms with Crippen molar-refractivity contribution < 1.29 is 9.90 Å². The highest BCUT2D eigenvalue weighted by Crippen LogP contribution is 1.86. The van der Waals surface area contributed by atoms with Crippen molar-refractivity contribution >= 4 is 17.9 Å². The lowest BCUT2D eigenvalue weighted by atomic mass is 10.8. The summed E-state index contributed by atoms with van der Waals surface area (Å²) in [4.78, 5) is 12.7. The SMILES string of the molecule is CC(=O)O.Cc1nc(N)n[nH]1.NN=C(N)N. The number of hydrogen-bond donors (Lipinski definition) is 6. The van der Waals surface area contributed by atoms with Gasteiger partial charge >= 0.3 is 0 Å². The summed E-state index contributed by atoms with van der Waals surface area (Å²) in [5.74, 6) is 4.63. The van der Waals surface area contributed by atoms with Crippen LogP contribution in [0.3, 0.4) is 0 Å². The number of nitrogens with two attached hydrogens (primary N) is 4. The topological polar surface area (TPSA) is 195 Å². The number of carboxylic acid groups (broad SMARTS) is 1. The number of anilines is 1. The number of aryl methyl sites for hydroxylation is 1. The fourth-order valence-electron chi connectivity index (χ4n) is 0.360. The second kappa shape index (κ2) is 9.05. The number of H-pyrrole nitrogens is 1. The lowest BCUT2D eigenvalue weighted by molar-refractivity contribution is -0.134. The van der Waals surface area contributed by atoms with Gasteiger partial charge in [0.25, 0.3) is 5.97 Å². The van der Waals surface area contributed by atoms with Crippen molar-refractivity contribution in [2.75, 3.05) is 5.73 Å². The molecule has 10 heteroatoms. The molecule has 0 atom stereocenters. The number of aromatic nitrogens is 3. The predicted molar refractivity (Wildman–Crippen MR) is 58.8 cm³/mol. The van der Waals surface area contributed by atoms with E-state index in [9.17, 15) is 0 Å². The molecule has 92 valence electrons. The molecular weight excluding hydrogens is 216 g/mol. The Bertz CT molecular complexity index is 309. The molecule has 0 spiro atoms. The highest BCUT2D eigenvalue weighted by Gasteiger charge is 1.86. The van der Waals surface area contributed by atoms with Crippen molar-refractivity contribution in [2.45, 2.75) is 13.8 Å². The molecule has 1 heterocycles. The summed E-state index contributed by atoms with van der Waals surface area (Å²) in [5, 5.41) is 16.4. The Morgan fingerprint density at radius 2 is 1.88 bits per heavy atom. The number of nitrogens with zero attached hydrogens (tertiary/aromatic N) is 3. The second-order valence-electron chi connectivity index (χ2n) is 2.35. The fourth-order valence-corrected chi connectivity index (χ4v) is 0.360. The molecule has 0 aliphatic rings. The van der Waals surface area contributed by atoms with Crippen LogP contribution >= 0.6 is 0 Å². The maximum Gasteiger partial charge on any atom is 0.300 e. The maximum absolute atomic E-state index is 9.00. The number of aromatic amines is 1. The van der Waals surface area contributed by atoms with E-state index in [-0.39, 0.29) is 5.96 Å². The molecule has 0 aromatic carbocycles. The van der Waals surface area contributed by atoms with Crippen molar-refractivity contribution in [1.29, 1.82) is 0 Å². The molecule has 0 bridgehead atoms. The van der Waals surface area contributed by atoms with Gasteiger partial charge in [0, 0.05) is 6.92 Å². The first-order valence-corrected chi connectivity index (χ1v) is 3.92. The van der Waals surface area contributed by atoms with Crippen LogP contribution in [-0.4, -0.2) is 32.2 Å². The Morgan fingerprint density at radius 1 is 1.50 bits per heavy atom. The first-order chi connectivity index (χ1) is 7.29. The number of hydrogen-bond acceptors (Lipinski definition) is 6. The first-order valence-electron chi connectivity index (χ1n) is 3.92. The summed E-state index contributed by atoms with van der Waals surface area (Å²) in [6, 6.07) is 0. The molecule has 1 aromatic heterocycles. The Balaban J connectivity index is 0. The normalized spacial score (nSPS) is 7.62. The molecule has 16 heavy (non-hydrogen) atoms. The number of rotatable bonds is 0. The molecule has 0 amide bonds. The zero-order chi connectivity index (χ0) is 13.1. The molecule has 1 rings (SSSR count). The van der Waals surface area contributed by atoms with E-state index in [1.54, 1.807) is 6.92 Å². The monoisotopic (exact) mass is 232 g/mol. The second-order valence-corrected chi connectivity index (χ2v) is 2.35. The first kappa shape index (κ1) is 15.9. The smallest absolute Gasteiger partial charge is 0.300 e. The molecule has 0 radical (unpaired) electrons. The minimum Gasteiger partial charge on any atom is -0.481 e. The summed E-state index contributed by atoms with van der Waals surface area (Å²) in [6.07, 6.45) is 0. The average Bonchev–Trinajstić information content (AvgIpc) is 2.50. The highest BCUT2D eigenvalue weighted by atomic mass is 16.4. The number of carbonyl (C=O) groups is 1. The summed E-state index contributed by atoms with van der Waals surface area (Å²) in [7, 11) is 0. The molecule has 10 N–H and O–H groups in total. The molecule has 0 saturated heterocycles. The van der Waals surface area contributed by atoms with Gasteiger partial charge in [-0.1, -0.05) is 0 Å². The van der Waals surface area contributed by atoms with Crippen LogP contribution in [0.5, 0.6) is 0 Å². The fraction of sp³-hybridized carbons (Fsp3) is 0.333. The van der Waals surface area contributed by atoms with E-state index in [0.29, 0.717) is 5.95 Å². The molecular formula is C6H16N8O2. The van der Waals surface area contributed by atoms with E-state index in [1.807, 2.05) is 0 Å². The lowest BCUT2D eigenvalue weighted by Crippen LogP contribution is -2.23. The summed E-state index contributed by atoms with van der Waals surface area (Å²) in [6.45, 7) is 2.88. The molecule has 0 aliphatic carbocycles. The minimum absolute atomic E-state index is 0.0926. The Kier molecular flexibility index (Phi) is 9.01. The number of nitrogens with one attached hydrogen (secondary N) is 1. The van der Waals surface area contributed by atoms with Gasteiger partial charge < -0.3 is 28.2 Å². The van der Waals surface area contributed by atoms with Crippen molar-refractivity contribution in [1.82, 2.24) is 15.2 Å². The number of hydrazone groups is 1. The third kappa shape index (κ3) is 17.5. The van der Waals surface area contributed by atoms with Gasteiger partial charge in [0.15, 0.2) is 0 Å². The van der Waals surface area contributed by atoms with Crippen LogP contribution in [0, 0.1) is 6.92 Å². The number of guanidine groups is 1. The molecule has 0 saturated carbocycles. The average molecular weight is 232 g/mol. The van der Waals surface area contributed by atoms with Gasteiger partial charge in [-0.2, -0.15) is 4.98 Å². The van der Waals surface area contributed by atoms with Gasteiger partial charge in [0.1, 0.15) is 5.82 Å². The zero-order valence-electron chi connectivity index (χ0n) is 9.01. The highest BCUT2D eigenvalue weighted by molar-refractivity contribution is 5.75. The van der Waals surface area contributed by atoms with E-state index in [4.69, 9.17) is 27.1 Å². The number of nitrogen functional groups attached to an aromatic ring is 1. The van der Waals surface area contributed by atoms with E-state index < -0.39 is 5.97 Å². The van der Waals surface area contributed by atoms with E-state index >= 15 is 0 Å². The predicted octanol–water partition coefficient (Wildman–Crippen LogP) is -2.08. The standard InChI is InChI=1S/C3H6N4.C2H4O2.CH6N4/c1-2-5-3(4)7-6-2;1-2(3)4;2-1(3)5-4/h1H3,(H3,4,5,6,7);1H3,(H,3,4);4H2,(H4,2,3,5). The number of carboxylic acids is 1. The van der Waals surface area contributed by atoms with Crippen molar-refractivity contribution in [3.63, 3.8) is 0 Å². The van der Waals surface area contributed by atoms with Crippen LogP contribution in [0.4, 0.5) is 5.95 Å². The van der Waals surface area contributed by atoms with Crippen molar-refractivity contribution in [3.05, 3.63) is 5.82 Å². The molecule has 0 unspecified atom stereocenters. The van der Waals surface area contributed by atoms with Crippen molar-refractivity contribution in [2.24, 2.45) is 22.4 Å². The van der Waals surface area contributed by atoms with Crippen LogP contribution < -0.4 is 23.0 Å². The van der Waals surface area contributed by atoms with Gasteiger partial charge in [-0.15, -0.1) is 10.2 Å². The summed E-state index contributed by atoms with van der Waals surface area (Å²) in [5.41, 5.74) is 14.5. The van der Waals surface area contributed by atoms with Gasteiger partial charge in [-0.25, -0.2) is 0 Å². The van der Waals surface area contributed by atoms with Crippen molar-refractivity contribution in [3.8, 4) is 0 Å². The van der Waals surface area contributed by atoms with Gasteiger partial charge in [0.05, 0.1) is 0 Å². The van der Waals surface area contributed by atoms with E-state index in [0.717, 1.165) is 12.7 Å².